The zero-order valence-electron chi connectivity index (χ0n) is 12.6. The molecule has 0 unspecified atom stereocenters. The second-order valence-electron chi connectivity index (χ2n) is 6.45. The lowest BCUT2D eigenvalue weighted by atomic mass is 9.76. The summed E-state index contributed by atoms with van der Waals surface area (Å²) >= 11 is 0. The molecule has 1 saturated heterocycles. The summed E-state index contributed by atoms with van der Waals surface area (Å²) < 4.78 is 0. The Morgan fingerprint density at radius 2 is 1.65 bits per heavy atom. The van der Waals surface area contributed by atoms with Gasteiger partial charge in [-0.3, -0.25) is 9.59 Å². The maximum Gasteiger partial charge on any atom is 0.309 e. The van der Waals surface area contributed by atoms with Crippen LogP contribution in [0.4, 0.5) is 0 Å². The monoisotopic (exact) mass is 281 g/mol. The van der Waals surface area contributed by atoms with Gasteiger partial charge < -0.3 is 10.0 Å². The molecule has 1 aliphatic carbocycles. The quantitative estimate of drug-likeness (QED) is 0.809. The van der Waals surface area contributed by atoms with Crippen LogP contribution in [0.25, 0.3) is 0 Å². The summed E-state index contributed by atoms with van der Waals surface area (Å²) in [5.41, 5.74) is -0.597. The molecular formula is C16H27NO3. The van der Waals surface area contributed by atoms with Crippen molar-refractivity contribution in [2.75, 3.05) is 13.1 Å². The number of carbonyl (C=O) groups is 2. The number of piperidine rings is 1. The van der Waals surface area contributed by atoms with Gasteiger partial charge in [0.15, 0.2) is 0 Å². The van der Waals surface area contributed by atoms with Crippen molar-refractivity contribution < 1.29 is 14.7 Å². The number of carbonyl (C=O) groups excluding carboxylic acids is 1. The van der Waals surface area contributed by atoms with Crippen molar-refractivity contribution >= 4 is 11.9 Å². The Balaban J connectivity index is 1.92. The molecule has 2 rings (SSSR count). The van der Waals surface area contributed by atoms with Crippen LogP contribution in [0.15, 0.2) is 0 Å². The van der Waals surface area contributed by atoms with Crippen LogP contribution in [0.3, 0.4) is 0 Å². The highest BCUT2D eigenvalue weighted by molar-refractivity contribution is 5.80. The molecule has 4 nitrogen and oxygen atoms in total. The number of hydrogen-bond donors (Lipinski definition) is 1. The molecule has 1 saturated carbocycles. The van der Waals surface area contributed by atoms with Gasteiger partial charge in [0.05, 0.1) is 5.41 Å². The molecule has 0 bridgehead atoms. The zero-order valence-corrected chi connectivity index (χ0v) is 12.6. The van der Waals surface area contributed by atoms with Crippen molar-refractivity contribution in [2.45, 2.75) is 64.7 Å². The normalized spacial score (nSPS) is 24.1. The fraction of sp³-hybridized carbons (Fsp3) is 0.875. The SMILES string of the molecule is CCC1(C(=O)O)CCN(C(=O)C2CCCCCC2)CC1. The van der Waals surface area contributed by atoms with Crippen LogP contribution < -0.4 is 0 Å². The fourth-order valence-corrected chi connectivity index (χ4v) is 3.66. The topological polar surface area (TPSA) is 57.6 Å². The number of nitrogens with zero attached hydrogens (tertiary/aromatic N) is 1. The van der Waals surface area contributed by atoms with E-state index in [0.717, 1.165) is 25.7 Å². The largest absolute Gasteiger partial charge is 0.481 e. The Morgan fingerprint density at radius 1 is 1.10 bits per heavy atom. The van der Waals surface area contributed by atoms with E-state index in [1.54, 1.807) is 0 Å². The molecular weight excluding hydrogens is 254 g/mol. The van der Waals surface area contributed by atoms with E-state index in [1.165, 1.54) is 12.8 Å². The predicted molar refractivity (Wildman–Crippen MR) is 77.4 cm³/mol. The van der Waals surface area contributed by atoms with Crippen molar-refractivity contribution in [1.82, 2.24) is 4.90 Å². The summed E-state index contributed by atoms with van der Waals surface area (Å²) in [7, 11) is 0. The van der Waals surface area contributed by atoms with Crippen LogP contribution in [0.1, 0.15) is 64.7 Å². The number of aliphatic carboxylic acids is 1. The van der Waals surface area contributed by atoms with Crippen molar-refractivity contribution in [3.8, 4) is 0 Å². The minimum atomic E-state index is -0.693. The maximum atomic E-state index is 12.6. The van der Waals surface area contributed by atoms with Gasteiger partial charge in [-0.1, -0.05) is 32.6 Å². The van der Waals surface area contributed by atoms with Gasteiger partial charge in [-0.2, -0.15) is 0 Å². The van der Waals surface area contributed by atoms with Crippen LogP contribution >= 0.6 is 0 Å². The number of hydrogen-bond acceptors (Lipinski definition) is 2. The molecule has 1 amide bonds. The lowest BCUT2D eigenvalue weighted by Crippen LogP contribution is -2.48. The molecule has 1 heterocycles. The van der Waals surface area contributed by atoms with Gasteiger partial charge in [-0.15, -0.1) is 0 Å². The van der Waals surface area contributed by atoms with E-state index in [2.05, 4.69) is 0 Å². The average molecular weight is 281 g/mol. The number of amides is 1. The molecule has 2 aliphatic rings. The molecule has 114 valence electrons. The zero-order chi connectivity index (χ0) is 14.6. The summed E-state index contributed by atoms with van der Waals surface area (Å²) in [4.78, 5) is 25.9. The summed E-state index contributed by atoms with van der Waals surface area (Å²) in [6, 6.07) is 0. The third-order valence-corrected chi connectivity index (χ3v) is 5.37. The highest BCUT2D eigenvalue weighted by atomic mass is 16.4. The van der Waals surface area contributed by atoms with Crippen LogP contribution in [-0.2, 0) is 9.59 Å². The molecule has 1 N–H and O–H groups in total. The van der Waals surface area contributed by atoms with Crippen LogP contribution in [0.5, 0.6) is 0 Å². The van der Waals surface area contributed by atoms with Gasteiger partial charge in [0, 0.05) is 19.0 Å². The summed E-state index contributed by atoms with van der Waals surface area (Å²) in [6.45, 7) is 3.18. The molecule has 0 aromatic rings. The molecule has 0 spiro atoms. The smallest absolute Gasteiger partial charge is 0.309 e. The van der Waals surface area contributed by atoms with Gasteiger partial charge in [0.2, 0.25) is 5.91 Å². The first kappa shape index (κ1) is 15.3. The van der Waals surface area contributed by atoms with Gasteiger partial charge in [0.25, 0.3) is 0 Å². The van der Waals surface area contributed by atoms with Gasteiger partial charge in [-0.05, 0) is 32.1 Å². The number of carboxylic acid groups (broad SMARTS) is 1. The van der Waals surface area contributed by atoms with Gasteiger partial charge >= 0.3 is 5.97 Å². The molecule has 0 aromatic heterocycles. The second kappa shape index (κ2) is 6.59. The third kappa shape index (κ3) is 3.15. The molecule has 4 heteroatoms. The van der Waals surface area contributed by atoms with Gasteiger partial charge in [-0.25, -0.2) is 0 Å². The van der Waals surface area contributed by atoms with Crippen LogP contribution in [0.2, 0.25) is 0 Å². The Hall–Kier alpha value is -1.06. The summed E-state index contributed by atoms with van der Waals surface area (Å²) in [6.07, 6.45) is 8.75. The lowest BCUT2D eigenvalue weighted by molar-refractivity contribution is -0.155. The number of likely N-dealkylation sites (tertiary alicyclic amines) is 1. The number of carboxylic acids is 1. The van der Waals surface area contributed by atoms with Crippen molar-refractivity contribution in [1.29, 1.82) is 0 Å². The molecule has 20 heavy (non-hydrogen) atoms. The van der Waals surface area contributed by atoms with E-state index in [0.29, 0.717) is 32.4 Å². The van der Waals surface area contributed by atoms with E-state index in [9.17, 15) is 14.7 Å². The Bertz CT molecular complexity index is 351. The first-order valence-electron chi connectivity index (χ1n) is 8.11. The highest BCUT2D eigenvalue weighted by Crippen LogP contribution is 2.36. The van der Waals surface area contributed by atoms with Crippen LogP contribution in [-0.4, -0.2) is 35.0 Å². The average Bonchev–Trinajstić information content (AvgIpc) is 2.75. The Kier molecular flexibility index (Phi) is 5.06. The highest BCUT2D eigenvalue weighted by Gasteiger charge is 2.41. The number of rotatable bonds is 3. The van der Waals surface area contributed by atoms with Crippen molar-refractivity contribution in [3.05, 3.63) is 0 Å². The van der Waals surface area contributed by atoms with E-state index < -0.39 is 11.4 Å². The first-order chi connectivity index (χ1) is 9.59. The van der Waals surface area contributed by atoms with E-state index in [1.807, 2.05) is 11.8 Å². The summed E-state index contributed by atoms with van der Waals surface area (Å²) in [5, 5.41) is 9.40. The van der Waals surface area contributed by atoms with E-state index in [4.69, 9.17) is 0 Å². The van der Waals surface area contributed by atoms with E-state index >= 15 is 0 Å². The molecule has 0 radical (unpaired) electrons. The van der Waals surface area contributed by atoms with Crippen molar-refractivity contribution in [3.63, 3.8) is 0 Å². The molecule has 0 atom stereocenters. The minimum Gasteiger partial charge on any atom is -0.481 e. The standard InChI is InChI=1S/C16H27NO3/c1-2-16(15(19)20)9-11-17(12-10-16)14(18)13-7-5-3-4-6-8-13/h13H,2-12H2,1H3,(H,19,20). The minimum absolute atomic E-state index is 0.191. The molecule has 2 fully saturated rings. The van der Waals surface area contributed by atoms with Crippen LogP contribution in [0, 0.1) is 11.3 Å². The maximum absolute atomic E-state index is 12.6. The van der Waals surface area contributed by atoms with Crippen molar-refractivity contribution in [2.24, 2.45) is 11.3 Å². The predicted octanol–water partition coefficient (Wildman–Crippen LogP) is 3.06. The lowest BCUT2D eigenvalue weighted by Gasteiger charge is -2.39. The Morgan fingerprint density at radius 3 is 2.10 bits per heavy atom. The Labute approximate surface area is 121 Å². The fourth-order valence-electron chi connectivity index (χ4n) is 3.66. The van der Waals surface area contributed by atoms with Gasteiger partial charge in [0.1, 0.15) is 0 Å². The first-order valence-corrected chi connectivity index (χ1v) is 8.11. The molecule has 1 aliphatic heterocycles. The van der Waals surface area contributed by atoms with E-state index in [-0.39, 0.29) is 11.8 Å². The second-order valence-corrected chi connectivity index (χ2v) is 6.45. The molecule has 0 aromatic carbocycles. The summed E-state index contributed by atoms with van der Waals surface area (Å²) in [5.74, 6) is -0.222. The third-order valence-electron chi connectivity index (χ3n) is 5.37.